The van der Waals surface area contributed by atoms with E-state index in [1.165, 1.54) is 0 Å². The van der Waals surface area contributed by atoms with E-state index in [1.807, 2.05) is 0 Å². The zero-order valence-electron chi connectivity index (χ0n) is 16.4. The van der Waals surface area contributed by atoms with E-state index >= 15 is 0 Å². The molecule has 0 heterocycles. The van der Waals surface area contributed by atoms with Gasteiger partial charge in [0, 0.05) is 0 Å². The fraction of sp³-hybridized carbons (Fsp3) is 0.417. The summed E-state index contributed by atoms with van der Waals surface area (Å²) in [5, 5.41) is -1.74. The quantitative estimate of drug-likeness (QED) is 0.536. The summed E-state index contributed by atoms with van der Waals surface area (Å²) >= 11 is 0. The highest BCUT2D eigenvalue weighted by atomic mass is 32.2. The van der Waals surface area contributed by atoms with Crippen LogP contribution in [0, 0.1) is 35.5 Å². The first-order valence-corrected chi connectivity index (χ1v) is 13.8. The van der Waals surface area contributed by atoms with Crippen molar-refractivity contribution in [1.29, 1.82) is 0 Å². The van der Waals surface area contributed by atoms with Gasteiger partial charge >= 0.3 is 0 Å². The molecule has 6 heteroatoms. The summed E-state index contributed by atoms with van der Waals surface area (Å²) in [6, 6.07) is 16.8. The van der Waals surface area contributed by atoms with E-state index in [0.29, 0.717) is 30.1 Å². The molecule has 4 nitrogen and oxygen atoms in total. The van der Waals surface area contributed by atoms with Gasteiger partial charge in [0.15, 0.2) is 19.7 Å². The lowest BCUT2D eigenvalue weighted by Crippen LogP contribution is -2.50. The number of sulfone groups is 2. The Morgan fingerprint density at radius 3 is 1.37 bits per heavy atom. The van der Waals surface area contributed by atoms with Crippen molar-refractivity contribution in [2.24, 2.45) is 35.5 Å². The number of hydrogen-bond donors (Lipinski definition) is 0. The number of hydrogen-bond acceptors (Lipinski definition) is 4. The van der Waals surface area contributed by atoms with Crippen LogP contribution in [0.5, 0.6) is 0 Å². The molecule has 0 unspecified atom stereocenters. The van der Waals surface area contributed by atoms with Gasteiger partial charge in [-0.1, -0.05) is 48.6 Å². The minimum Gasteiger partial charge on any atom is -0.223 e. The lowest BCUT2D eigenvalue weighted by molar-refractivity contribution is 0.209. The molecule has 2 aromatic rings. The van der Waals surface area contributed by atoms with Crippen LogP contribution in [0.4, 0.5) is 0 Å². The van der Waals surface area contributed by atoms with Crippen LogP contribution < -0.4 is 0 Å². The lowest BCUT2D eigenvalue weighted by Gasteiger charge is -2.41. The second kappa shape index (κ2) is 6.30. The van der Waals surface area contributed by atoms with E-state index in [2.05, 4.69) is 12.2 Å². The zero-order valence-corrected chi connectivity index (χ0v) is 18.0. The van der Waals surface area contributed by atoms with Gasteiger partial charge in [-0.3, -0.25) is 0 Å². The maximum absolute atomic E-state index is 13.8. The summed E-state index contributed by atoms with van der Waals surface area (Å²) < 4.78 is 55.3. The van der Waals surface area contributed by atoms with Crippen LogP contribution in [0.15, 0.2) is 82.6 Å². The van der Waals surface area contributed by atoms with Gasteiger partial charge in [-0.2, -0.15) is 0 Å². The first kappa shape index (κ1) is 18.8. The number of fused-ring (bicyclic) bond motifs is 9. The van der Waals surface area contributed by atoms with Crippen LogP contribution in [-0.2, 0) is 19.7 Å². The molecule has 30 heavy (non-hydrogen) atoms. The molecular weight excluding hydrogens is 416 g/mol. The smallest absolute Gasteiger partial charge is 0.182 e. The Labute approximate surface area is 177 Å². The van der Waals surface area contributed by atoms with E-state index in [0.717, 1.165) is 6.42 Å². The van der Waals surface area contributed by atoms with Crippen LogP contribution in [0.2, 0.25) is 0 Å². The maximum atomic E-state index is 13.8. The average molecular weight is 441 g/mol. The second-order valence-corrected chi connectivity index (χ2v) is 13.5. The maximum Gasteiger partial charge on any atom is 0.182 e. The predicted molar refractivity (Wildman–Crippen MR) is 114 cm³/mol. The van der Waals surface area contributed by atoms with E-state index in [-0.39, 0.29) is 21.6 Å². The Balaban J connectivity index is 1.52. The van der Waals surface area contributed by atoms with Gasteiger partial charge in [-0.05, 0) is 72.6 Å². The Morgan fingerprint density at radius 2 is 0.967 bits per heavy atom. The second-order valence-electron chi connectivity index (χ2n) is 9.31. The molecule has 4 aliphatic carbocycles. The Hall–Kier alpha value is -1.92. The minimum absolute atomic E-state index is 0.0892. The monoisotopic (exact) mass is 440 g/mol. The lowest BCUT2D eigenvalue weighted by atomic mass is 9.73. The first-order valence-electron chi connectivity index (χ1n) is 10.7. The molecule has 0 saturated heterocycles. The predicted octanol–water partition coefficient (Wildman–Crippen LogP) is 3.76. The normalized spacial score (nSPS) is 38.8. The number of rotatable bonds is 4. The van der Waals surface area contributed by atoms with Crippen LogP contribution in [-0.4, -0.2) is 27.3 Å². The van der Waals surface area contributed by atoms with Gasteiger partial charge in [0.2, 0.25) is 0 Å². The Kier molecular flexibility index (Phi) is 3.95. The molecule has 8 atom stereocenters. The van der Waals surface area contributed by atoms with Crippen molar-refractivity contribution in [3.8, 4) is 0 Å². The van der Waals surface area contributed by atoms with E-state index in [9.17, 15) is 16.8 Å². The van der Waals surface area contributed by atoms with Gasteiger partial charge in [0.25, 0.3) is 0 Å². The van der Waals surface area contributed by atoms with Crippen molar-refractivity contribution in [2.45, 2.75) is 33.1 Å². The standard InChI is InChI=1S/C24H24O4S2/c25-29(26,17-7-3-1-4-8-17)23-19-14-20(22-16-12-11-15(13-16)21(19)22)24(23)30(27,28)18-9-5-2-6-10-18/h1-12,15-16,19-24H,13-14H2/t15-,16-,19-,20-,21-,22+,23+,24+/m0/s1. The van der Waals surface area contributed by atoms with Crippen molar-refractivity contribution < 1.29 is 16.8 Å². The fourth-order valence-corrected chi connectivity index (χ4v) is 12.5. The van der Waals surface area contributed by atoms with Crippen LogP contribution in [0.3, 0.4) is 0 Å². The summed E-state index contributed by atoms with van der Waals surface area (Å²) in [4.78, 5) is 0.483. The zero-order chi connectivity index (χ0) is 20.7. The van der Waals surface area contributed by atoms with E-state index < -0.39 is 30.2 Å². The summed E-state index contributed by atoms with van der Waals surface area (Å²) in [7, 11) is -7.54. The molecule has 4 aliphatic rings. The van der Waals surface area contributed by atoms with E-state index in [4.69, 9.17) is 0 Å². The summed E-state index contributed by atoms with van der Waals surface area (Å²) in [6.07, 6.45) is 6.26. The molecular formula is C24H24O4S2. The van der Waals surface area contributed by atoms with Gasteiger partial charge in [-0.25, -0.2) is 16.8 Å². The molecule has 156 valence electrons. The SMILES string of the molecule is O=S(=O)(c1ccccc1)[C@@H]1[C@H]2C[C@@H]([C@H]3[C@@H]2[C@H]2C=C[C@H]3C2)[C@H]1S(=O)(=O)c1ccccc1. The van der Waals surface area contributed by atoms with Crippen molar-refractivity contribution in [2.75, 3.05) is 0 Å². The van der Waals surface area contributed by atoms with Crippen molar-refractivity contribution in [3.05, 3.63) is 72.8 Å². The van der Waals surface area contributed by atoms with Crippen LogP contribution >= 0.6 is 0 Å². The third-order valence-corrected chi connectivity index (χ3v) is 12.9. The molecule has 6 rings (SSSR count). The minimum atomic E-state index is -3.77. The van der Waals surface area contributed by atoms with Crippen molar-refractivity contribution in [1.82, 2.24) is 0 Å². The molecule has 3 fully saturated rings. The third-order valence-electron chi connectivity index (χ3n) is 8.14. The summed E-state index contributed by atoms with van der Waals surface area (Å²) in [6.45, 7) is 0. The summed E-state index contributed by atoms with van der Waals surface area (Å²) in [5.41, 5.74) is 0. The van der Waals surface area contributed by atoms with Crippen molar-refractivity contribution >= 4 is 19.7 Å². The Morgan fingerprint density at radius 1 is 0.567 bits per heavy atom. The molecule has 0 amide bonds. The molecule has 0 radical (unpaired) electrons. The fourth-order valence-electron chi connectivity index (χ4n) is 7.27. The van der Waals surface area contributed by atoms with Crippen LogP contribution in [0.25, 0.3) is 0 Å². The molecule has 3 saturated carbocycles. The Bertz CT molecular complexity index is 1120. The average Bonchev–Trinajstić information content (AvgIpc) is 3.53. The highest BCUT2D eigenvalue weighted by Gasteiger charge is 2.70. The highest BCUT2D eigenvalue weighted by Crippen LogP contribution is 2.68. The molecule has 0 spiro atoms. The molecule has 0 aromatic heterocycles. The molecule has 0 N–H and O–H groups in total. The molecule has 0 aliphatic heterocycles. The first-order chi connectivity index (χ1) is 14.4. The number of benzene rings is 2. The van der Waals surface area contributed by atoms with E-state index in [1.54, 1.807) is 60.7 Å². The van der Waals surface area contributed by atoms with Gasteiger partial charge < -0.3 is 0 Å². The van der Waals surface area contributed by atoms with Gasteiger partial charge in [0.1, 0.15) is 0 Å². The van der Waals surface area contributed by atoms with Gasteiger partial charge in [-0.15, -0.1) is 0 Å². The molecule has 2 aromatic carbocycles. The highest BCUT2D eigenvalue weighted by molar-refractivity contribution is 7.96. The summed E-state index contributed by atoms with van der Waals surface area (Å²) in [5.74, 6) is 1.24. The molecule has 4 bridgehead atoms. The largest absolute Gasteiger partial charge is 0.223 e. The topological polar surface area (TPSA) is 68.3 Å². The van der Waals surface area contributed by atoms with Gasteiger partial charge in [0.05, 0.1) is 20.3 Å². The number of allylic oxidation sites excluding steroid dienone is 2. The third kappa shape index (κ3) is 2.38. The van der Waals surface area contributed by atoms with Crippen molar-refractivity contribution in [3.63, 3.8) is 0 Å². The van der Waals surface area contributed by atoms with Crippen LogP contribution in [0.1, 0.15) is 12.8 Å².